The number of carboxylic acid groups (broad SMARTS) is 1. The van der Waals surface area contributed by atoms with Crippen molar-refractivity contribution in [1.82, 2.24) is 4.72 Å². The van der Waals surface area contributed by atoms with Crippen molar-refractivity contribution in [3.05, 3.63) is 14.7 Å². The van der Waals surface area contributed by atoms with Crippen molar-refractivity contribution in [2.75, 3.05) is 6.54 Å². The molecule has 120 valence electrons. The SMILES string of the molecule is O=C(O)c1cc(S(=O)(=O)NCCCCC(F)(F)F)c(Br)s1. The summed E-state index contributed by atoms with van der Waals surface area (Å²) in [5.74, 6) is -1.26. The van der Waals surface area contributed by atoms with Crippen molar-refractivity contribution in [3.63, 3.8) is 0 Å². The van der Waals surface area contributed by atoms with Gasteiger partial charge in [-0.15, -0.1) is 11.3 Å². The predicted molar refractivity (Wildman–Crippen MR) is 74.1 cm³/mol. The molecule has 1 aromatic heterocycles. The first-order valence-corrected chi connectivity index (χ1v) is 8.71. The minimum atomic E-state index is -4.26. The summed E-state index contributed by atoms with van der Waals surface area (Å²) >= 11 is 3.70. The standard InChI is InChI=1S/C10H11BrF3NO4S2/c11-8-7(5-6(20-8)9(16)17)21(18,19)15-4-2-1-3-10(12,13)14/h5,15H,1-4H2,(H,16,17). The molecule has 1 heterocycles. The molecule has 0 unspecified atom stereocenters. The van der Waals surface area contributed by atoms with Crippen LogP contribution in [-0.4, -0.2) is 32.2 Å². The Morgan fingerprint density at radius 2 is 2.00 bits per heavy atom. The van der Waals surface area contributed by atoms with Crippen molar-refractivity contribution in [2.24, 2.45) is 0 Å². The predicted octanol–water partition coefficient (Wildman–Crippen LogP) is 3.22. The molecule has 0 fully saturated rings. The summed E-state index contributed by atoms with van der Waals surface area (Å²) in [6.45, 7) is -0.150. The highest BCUT2D eigenvalue weighted by molar-refractivity contribution is 9.11. The fourth-order valence-electron chi connectivity index (χ4n) is 1.38. The number of carboxylic acids is 1. The van der Waals surface area contributed by atoms with Gasteiger partial charge in [-0.05, 0) is 34.8 Å². The number of carbonyl (C=O) groups is 1. The highest BCUT2D eigenvalue weighted by Crippen LogP contribution is 2.31. The average molecular weight is 410 g/mol. The van der Waals surface area contributed by atoms with E-state index in [1.165, 1.54) is 0 Å². The number of alkyl halides is 3. The third-order valence-corrected chi connectivity index (χ3v) is 6.04. The summed E-state index contributed by atoms with van der Waals surface area (Å²) in [5.41, 5.74) is 0. The Morgan fingerprint density at radius 1 is 1.38 bits per heavy atom. The molecule has 0 saturated carbocycles. The largest absolute Gasteiger partial charge is 0.477 e. The van der Waals surface area contributed by atoms with Crippen LogP contribution < -0.4 is 4.72 Å². The van der Waals surface area contributed by atoms with Gasteiger partial charge in [-0.25, -0.2) is 17.9 Å². The van der Waals surface area contributed by atoms with Gasteiger partial charge >= 0.3 is 12.1 Å². The number of halogens is 4. The van der Waals surface area contributed by atoms with Crippen molar-refractivity contribution >= 4 is 43.3 Å². The van der Waals surface area contributed by atoms with E-state index < -0.39 is 28.6 Å². The zero-order valence-corrected chi connectivity index (χ0v) is 13.6. The average Bonchev–Trinajstić information content (AvgIpc) is 2.70. The number of hydrogen-bond donors (Lipinski definition) is 2. The number of aromatic carboxylic acids is 1. The van der Waals surface area contributed by atoms with Gasteiger partial charge < -0.3 is 5.11 Å². The molecule has 0 bridgehead atoms. The fourth-order valence-corrected chi connectivity index (χ4v) is 4.85. The molecule has 0 saturated heterocycles. The first kappa shape index (κ1) is 18.4. The Kier molecular flexibility index (Phi) is 6.20. The number of nitrogens with one attached hydrogen (secondary N) is 1. The second-order valence-electron chi connectivity index (χ2n) is 4.02. The zero-order valence-electron chi connectivity index (χ0n) is 10.4. The van der Waals surface area contributed by atoms with E-state index in [1.54, 1.807) is 0 Å². The van der Waals surface area contributed by atoms with Crippen molar-refractivity contribution in [1.29, 1.82) is 0 Å². The second kappa shape index (κ2) is 7.07. The third-order valence-electron chi connectivity index (χ3n) is 2.33. The number of sulfonamides is 1. The number of unbranched alkanes of at least 4 members (excludes halogenated alkanes) is 1. The van der Waals surface area contributed by atoms with Gasteiger partial charge in [0.15, 0.2) is 0 Å². The molecule has 0 aliphatic rings. The van der Waals surface area contributed by atoms with Crippen LogP contribution >= 0.6 is 27.3 Å². The molecule has 1 rings (SSSR count). The van der Waals surface area contributed by atoms with Gasteiger partial charge in [0, 0.05) is 13.0 Å². The van der Waals surface area contributed by atoms with Gasteiger partial charge in [0.25, 0.3) is 0 Å². The Hall–Kier alpha value is -0.650. The lowest BCUT2D eigenvalue weighted by atomic mass is 10.2. The summed E-state index contributed by atoms with van der Waals surface area (Å²) in [6, 6.07) is 0.995. The molecule has 1 aromatic rings. The molecule has 0 aliphatic heterocycles. The summed E-state index contributed by atoms with van der Waals surface area (Å²) < 4.78 is 61.8. The van der Waals surface area contributed by atoms with Gasteiger partial charge in [0.2, 0.25) is 10.0 Å². The number of thiophene rings is 1. The van der Waals surface area contributed by atoms with Crippen molar-refractivity contribution in [2.45, 2.75) is 30.3 Å². The molecule has 21 heavy (non-hydrogen) atoms. The number of rotatable bonds is 7. The van der Waals surface area contributed by atoms with Crippen LogP contribution in [0.15, 0.2) is 14.7 Å². The maximum Gasteiger partial charge on any atom is 0.389 e. The van der Waals surface area contributed by atoms with Crippen molar-refractivity contribution < 1.29 is 31.5 Å². The smallest absolute Gasteiger partial charge is 0.389 e. The highest BCUT2D eigenvalue weighted by Gasteiger charge is 2.26. The van der Waals surface area contributed by atoms with E-state index in [4.69, 9.17) is 5.11 Å². The number of hydrogen-bond acceptors (Lipinski definition) is 4. The third kappa shape index (κ3) is 5.93. The quantitative estimate of drug-likeness (QED) is 0.677. The Balaban J connectivity index is 2.60. The van der Waals surface area contributed by atoms with Crippen LogP contribution in [0.2, 0.25) is 0 Å². The van der Waals surface area contributed by atoms with Gasteiger partial charge in [-0.3, -0.25) is 0 Å². The van der Waals surface area contributed by atoms with E-state index in [0.717, 1.165) is 17.4 Å². The molecule has 2 N–H and O–H groups in total. The molecule has 0 radical (unpaired) electrons. The first-order valence-electron chi connectivity index (χ1n) is 5.62. The van der Waals surface area contributed by atoms with Crippen LogP contribution in [0.25, 0.3) is 0 Å². The van der Waals surface area contributed by atoms with Gasteiger partial charge in [-0.1, -0.05) is 0 Å². The summed E-state index contributed by atoms with van der Waals surface area (Å²) in [5, 5.41) is 8.78. The molecule has 0 aromatic carbocycles. The summed E-state index contributed by atoms with van der Waals surface area (Å²) in [4.78, 5) is 10.4. The molecule has 11 heteroatoms. The minimum Gasteiger partial charge on any atom is -0.477 e. The van der Waals surface area contributed by atoms with Gasteiger partial charge in [0.05, 0.1) is 3.79 Å². The molecule has 0 spiro atoms. The minimum absolute atomic E-state index is 0.0340. The molecular weight excluding hydrogens is 399 g/mol. The second-order valence-corrected chi connectivity index (χ2v) is 8.13. The van der Waals surface area contributed by atoms with E-state index >= 15 is 0 Å². The topological polar surface area (TPSA) is 83.5 Å². The summed E-state index contributed by atoms with van der Waals surface area (Å²) in [6.07, 6.45) is -5.38. The zero-order chi connectivity index (χ0) is 16.3. The van der Waals surface area contributed by atoms with Gasteiger partial charge in [0.1, 0.15) is 9.77 Å². The van der Waals surface area contributed by atoms with Crippen LogP contribution in [0.3, 0.4) is 0 Å². The van der Waals surface area contributed by atoms with Crippen LogP contribution in [0.1, 0.15) is 28.9 Å². The molecule has 0 aliphatic carbocycles. The first-order chi connectivity index (χ1) is 9.53. The lowest BCUT2D eigenvalue weighted by molar-refractivity contribution is -0.135. The van der Waals surface area contributed by atoms with E-state index in [2.05, 4.69) is 20.7 Å². The van der Waals surface area contributed by atoms with Crippen LogP contribution in [0.4, 0.5) is 13.2 Å². The molecule has 0 amide bonds. The fraction of sp³-hybridized carbons (Fsp3) is 0.500. The summed E-state index contributed by atoms with van der Waals surface area (Å²) in [7, 11) is -3.95. The Bertz CT molecular complexity index is 612. The van der Waals surface area contributed by atoms with E-state index in [1.807, 2.05) is 0 Å². The Morgan fingerprint density at radius 3 is 2.48 bits per heavy atom. The van der Waals surface area contributed by atoms with E-state index in [-0.39, 0.29) is 32.9 Å². The Labute approximate surface area is 131 Å². The maximum absolute atomic E-state index is 11.9. The van der Waals surface area contributed by atoms with Crippen LogP contribution in [-0.2, 0) is 10.0 Å². The molecule has 0 atom stereocenters. The molecule has 5 nitrogen and oxygen atoms in total. The highest BCUT2D eigenvalue weighted by atomic mass is 79.9. The van der Waals surface area contributed by atoms with E-state index in [9.17, 15) is 26.4 Å². The maximum atomic E-state index is 11.9. The lowest BCUT2D eigenvalue weighted by Crippen LogP contribution is -2.25. The van der Waals surface area contributed by atoms with Crippen molar-refractivity contribution in [3.8, 4) is 0 Å². The van der Waals surface area contributed by atoms with Crippen LogP contribution in [0.5, 0.6) is 0 Å². The van der Waals surface area contributed by atoms with Gasteiger partial charge in [-0.2, -0.15) is 13.2 Å². The normalized spacial score (nSPS) is 12.6. The van der Waals surface area contributed by atoms with Crippen LogP contribution in [0, 0.1) is 0 Å². The van der Waals surface area contributed by atoms with E-state index in [0.29, 0.717) is 0 Å². The lowest BCUT2D eigenvalue weighted by Gasteiger charge is -2.07. The monoisotopic (exact) mass is 409 g/mol. The molecular formula is C10H11BrF3NO4S2.